The molecule has 0 aliphatic carbocycles. The van der Waals surface area contributed by atoms with Crippen molar-refractivity contribution in [1.82, 2.24) is 0 Å². The first-order valence-electron chi connectivity index (χ1n) is 8.12. The Bertz CT molecular complexity index is 917. The highest BCUT2D eigenvalue weighted by atomic mass is 19.3. The SMILES string of the molecule is O=C(/C=C/c1ccc(OC(F)=C(F)F)cc1)/C=C/c1ccc(OC(F)=C(F)F)cc1. The van der Waals surface area contributed by atoms with E-state index in [1.165, 1.54) is 72.8 Å². The second kappa shape index (κ2) is 10.7. The van der Waals surface area contributed by atoms with Crippen molar-refractivity contribution in [2.45, 2.75) is 0 Å². The van der Waals surface area contributed by atoms with Crippen molar-refractivity contribution in [3.05, 3.63) is 96.0 Å². The smallest absolute Gasteiger partial charge is 0.344 e. The van der Waals surface area contributed by atoms with Crippen molar-refractivity contribution in [3.63, 3.8) is 0 Å². The van der Waals surface area contributed by atoms with Crippen LogP contribution >= 0.6 is 0 Å². The van der Waals surface area contributed by atoms with Gasteiger partial charge in [-0.25, -0.2) is 0 Å². The highest BCUT2D eigenvalue weighted by Crippen LogP contribution is 2.20. The number of allylic oxidation sites excluding steroid dienone is 2. The largest absolute Gasteiger partial charge is 0.428 e. The van der Waals surface area contributed by atoms with E-state index in [9.17, 15) is 31.1 Å². The molecule has 2 rings (SSSR count). The summed E-state index contributed by atoms with van der Waals surface area (Å²) in [6.45, 7) is 0. The summed E-state index contributed by atoms with van der Waals surface area (Å²) in [6, 6.07) is 6.73. The summed E-state index contributed by atoms with van der Waals surface area (Å²) in [5.41, 5.74) is 1.07. The van der Waals surface area contributed by atoms with Gasteiger partial charge in [0.1, 0.15) is 11.5 Å². The monoisotopic (exact) mass is 426 g/mol. The minimum absolute atomic E-state index is 0.138. The van der Waals surface area contributed by atoms with Crippen LogP contribution in [0.3, 0.4) is 0 Å². The zero-order valence-corrected chi connectivity index (χ0v) is 14.9. The Hall–Kier alpha value is -3.75. The van der Waals surface area contributed by atoms with Crippen LogP contribution < -0.4 is 9.47 Å². The van der Waals surface area contributed by atoms with Gasteiger partial charge in [-0.2, -0.15) is 26.3 Å². The van der Waals surface area contributed by atoms with E-state index in [4.69, 9.17) is 0 Å². The average molecular weight is 426 g/mol. The average Bonchev–Trinajstić information content (AvgIpc) is 2.72. The second-order valence-electron chi connectivity index (χ2n) is 5.48. The Kier molecular flexibility index (Phi) is 8.04. The highest BCUT2D eigenvalue weighted by Gasteiger charge is 2.08. The fourth-order valence-electron chi connectivity index (χ4n) is 1.99. The van der Waals surface area contributed by atoms with Gasteiger partial charge in [0.15, 0.2) is 5.78 Å². The van der Waals surface area contributed by atoms with Gasteiger partial charge in [0.05, 0.1) is 0 Å². The third kappa shape index (κ3) is 7.34. The number of hydrogen-bond donors (Lipinski definition) is 0. The number of carbonyl (C=O) groups is 1. The summed E-state index contributed by atoms with van der Waals surface area (Å²) in [5.74, 6) is -0.668. The summed E-state index contributed by atoms with van der Waals surface area (Å²) in [7, 11) is 0. The summed E-state index contributed by atoms with van der Waals surface area (Å²) in [5, 5.41) is 0. The lowest BCUT2D eigenvalue weighted by Crippen LogP contribution is -1.91. The van der Waals surface area contributed by atoms with Gasteiger partial charge in [0.2, 0.25) is 0 Å². The molecule has 0 atom stereocenters. The van der Waals surface area contributed by atoms with Gasteiger partial charge in [-0.05, 0) is 47.5 Å². The zero-order chi connectivity index (χ0) is 22.1. The molecule has 0 spiro atoms. The molecule has 0 saturated carbocycles. The highest BCUT2D eigenvalue weighted by molar-refractivity contribution is 6.04. The lowest BCUT2D eigenvalue weighted by atomic mass is 10.1. The second-order valence-corrected chi connectivity index (χ2v) is 5.48. The van der Waals surface area contributed by atoms with E-state index in [2.05, 4.69) is 9.47 Å². The first-order valence-corrected chi connectivity index (χ1v) is 8.12. The summed E-state index contributed by atoms with van der Waals surface area (Å²) < 4.78 is 81.8. The molecule has 0 aliphatic rings. The van der Waals surface area contributed by atoms with Crippen LogP contribution in [0.15, 0.2) is 84.9 Å². The zero-order valence-electron chi connectivity index (χ0n) is 14.9. The van der Waals surface area contributed by atoms with Gasteiger partial charge in [0.25, 0.3) is 0 Å². The topological polar surface area (TPSA) is 35.5 Å². The number of hydrogen-bond acceptors (Lipinski definition) is 3. The predicted octanol–water partition coefficient (Wildman–Crippen LogP) is 6.81. The molecule has 0 heterocycles. The molecule has 30 heavy (non-hydrogen) atoms. The van der Waals surface area contributed by atoms with Crippen LogP contribution in [0.4, 0.5) is 26.3 Å². The Labute approximate surface area is 166 Å². The van der Waals surface area contributed by atoms with Crippen LogP contribution in [0.1, 0.15) is 11.1 Å². The summed E-state index contributed by atoms with van der Waals surface area (Å²) >= 11 is 0. The van der Waals surface area contributed by atoms with Crippen LogP contribution in [-0.4, -0.2) is 5.78 Å². The van der Waals surface area contributed by atoms with Gasteiger partial charge < -0.3 is 9.47 Å². The molecule has 0 unspecified atom stereocenters. The van der Waals surface area contributed by atoms with Gasteiger partial charge in [-0.3, -0.25) is 4.79 Å². The van der Waals surface area contributed by atoms with E-state index in [-0.39, 0.29) is 11.5 Å². The van der Waals surface area contributed by atoms with E-state index < -0.39 is 30.0 Å². The number of rotatable bonds is 8. The quantitative estimate of drug-likeness (QED) is 0.264. The molecule has 0 saturated heterocycles. The van der Waals surface area contributed by atoms with E-state index in [1.54, 1.807) is 0 Å². The maximum Gasteiger partial charge on any atom is 0.344 e. The van der Waals surface area contributed by atoms with Crippen LogP contribution in [0.25, 0.3) is 12.2 Å². The molecule has 0 aliphatic heterocycles. The van der Waals surface area contributed by atoms with Crippen molar-refractivity contribution in [3.8, 4) is 11.5 Å². The van der Waals surface area contributed by atoms with Gasteiger partial charge in [-0.1, -0.05) is 36.4 Å². The first-order chi connectivity index (χ1) is 14.2. The molecule has 156 valence electrons. The van der Waals surface area contributed by atoms with Crippen molar-refractivity contribution in [2.75, 3.05) is 0 Å². The number of carbonyl (C=O) groups excluding carboxylic acids is 1. The van der Waals surface area contributed by atoms with Gasteiger partial charge >= 0.3 is 24.2 Å². The van der Waals surface area contributed by atoms with Crippen molar-refractivity contribution in [2.24, 2.45) is 0 Å². The third-order valence-corrected chi connectivity index (χ3v) is 3.35. The van der Waals surface area contributed by atoms with Crippen LogP contribution in [0.5, 0.6) is 11.5 Å². The Morgan fingerprint density at radius 1 is 0.600 bits per heavy atom. The summed E-state index contributed by atoms with van der Waals surface area (Å²) in [6.07, 6.45) is 0.199. The van der Waals surface area contributed by atoms with Crippen LogP contribution in [-0.2, 0) is 4.79 Å². The molecule has 3 nitrogen and oxygen atoms in total. The minimum atomic E-state index is -2.57. The minimum Gasteiger partial charge on any atom is -0.428 e. The van der Waals surface area contributed by atoms with Crippen LogP contribution in [0.2, 0.25) is 0 Å². The van der Waals surface area contributed by atoms with E-state index in [0.717, 1.165) is 0 Å². The molecule has 2 aromatic rings. The van der Waals surface area contributed by atoms with E-state index in [0.29, 0.717) is 11.1 Å². The molecule has 9 heteroatoms. The molecule has 0 N–H and O–H groups in total. The fourth-order valence-corrected chi connectivity index (χ4v) is 1.99. The molecule has 0 radical (unpaired) electrons. The number of halogens is 6. The van der Waals surface area contributed by atoms with Crippen LogP contribution in [0, 0.1) is 0 Å². The molecule has 0 bridgehead atoms. The standard InChI is InChI=1S/C21H12F6O3/c22-18(23)20(26)29-16-9-3-13(4-10-16)1-7-15(28)8-2-14-5-11-17(12-6-14)30-21(27)19(24)25/h1-12H/b7-1+,8-2+. The molecule has 0 fully saturated rings. The lowest BCUT2D eigenvalue weighted by Gasteiger charge is -2.02. The summed E-state index contributed by atoms with van der Waals surface area (Å²) in [4.78, 5) is 11.9. The fraction of sp³-hybridized carbons (Fsp3) is 0. The van der Waals surface area contributed by atoms with Crippen molar-refractivity contribution >= 4 is 17.9 Å². The predicted molar refractivity (Wildman–Crippen MR) is 97.9 cm³/mol. The van der Waals surface area contributed by atoms with Gasteiger partial charge in [0, 0.05) is 0 Å². The normalized spacial score (nSPS) is 10.9. The molecule has 0 amide bonds. The third-order valence-electron chi connectivity index (χ3n) is 3.35. The molecular formula is C21H12F6O3. The van der Waals surface area contributed by atoms with Crippen molar-refractivity contribution < 1.29 is 40.6 Å². The Balaban J connectivity index is 1.93. The van der Waals surface area contributed by atoms with E-state index in [1.807, 2.05) is 0 Å². The number of ether oxygens (including phenoxy) is 2. The maximum atomic E-state index is 12.7. The molecule has 0 aromatic heterocycles. The first kappa shape index (κ1) is 22.5. The molecule has 2 aromatic carbocycles. The Morgan fingerprint density at radius 2 is 0.933 bits per heavy atom. The number of ketones is 1. The number of benzene rings is 2. The van der Waals surface area contributed by atoms with Gasteiger partial charge in [-0.15, -0.1) is 0 Å². The Morgan fingerprint density at radius 3 is 1.23 bits per heavy atom. The van der Waals surface area contributed by atoms with E-state index >= 15 is 0 Å². The lowest BCUT2D eigenvalue weighted by molar-refractivity contribution is -0.110. The maximum absolute atomic E-state index is 12.7. The molecular weight excluding hydrogens is 414 g/mol. The van der Waals surface area contributed by atoms with Crippen molar-refractivity contribution in [1.29, 1.82) is 0 Å².